The molecule has 0 aliphatic carbocycles. The van der Waals surface area contributed by atoms with Crippen LogP contribution in [0.2, 0.25) is 0 Å². The van der Waals surface area contributed by atoms with Crippen LogP contribution in [0.5, 0.6) is 0 Å². The number of imidazole rings is 1. The number of anilines is 1. The van der Waals surface area contributed by atoms with Gasteiger partial charge in [-0.05, 0) is 32.4 Å². The van der Waals surface area contributed by atoms with Crippen LogP contribution in [-0.2, 0) is 6.54 Å². The highest BCUT2D eigenvalue weighted by Crippen LogP contribution is 2.26. The lowest BCUT2D eigenvalue weighted by atomic mass is 10.1. The van der Waals surface area contributed by atoms with Gasteiger partial charge in [0.15, 0.2) is 0 Å². The molecular formula is C14H19N3. The molecule has 0 saturated heterocycles. The van der Waals surface area contributed by atoms with Gasteiger partial charge in [0.1, 0.15) is 11.5 Å². The van der Waals surface area contributed by atoms with E-state index >= 15 is 0 Å². The predicted molar refractivity (Wildman–Crippen MR) is 71.8 cm³/mol. The monoisotopic (exact) mass is 229 g/mol. The van der Waals surface area contributed by atoms with Crippen LogP contribution in [0.25, 0.3) is 11.3 Å². The highest BCUT2D eigenvalue weighted by molar-refractivity contribution is 5.71. The van der Waals surface area contributed by atoms with E-state index < -0.39 is 0 Å². The van der Waals surface area contributed by atoms with Crippen molar-refractivity contribution in [3.63, 3.8) is 0 Å². The number of hydrogen-bond acceptors (Lipinski definition) is 2. The maximum Gasteiger partial charge on any atom is 0.131 e. The van der Waals surface area contributed by atoms with E-state index in [9.17, 15) is 0 Å². The molecule has 2 aromatic rings. The molecule has 2 N–H and O–H groups in total. The van der Waals surface area contributed by atoms with Crippen molar-refractivity contribution in [3.05, 3.63) is 35.7 Å². The number of aryl methyl sites for hydroxylation is 3. The maximum atomic E-state index is 6.12. The first kappa shape index (κ1) is 11.7. The molecule has 2 rings (SSSR count). The Morgan fingerprint density at radius 1 is 1.18 bits per heavy atom. The smallest absolute Gasteiger partial charge is 0.131 e. The zero-order valence-electron chi connectivity index (χ0n) is 10.7. The van der Waals surface area contributed by atoms with Gasteiger partial charge in [0.25, 0.3) is 0 Å². The van der Waals surface area contributed by atoms with Crippen molar-refractivity contribution in [3.8, 4) is 11.3 Å². The first-order valence-corrected chi connectivity index (χ1v) is 6.01. The molecule has 3 nitrogen and oxygen atoms in total. The van der Waals surface area contributed by atoms with E-state index in [1.54, 1.807) is 0 Å². The quantitative estimate of drug-likeness (QED) is 0.878. The first-order valence-electron chi connectivity index (χ1n) is 6.01. The predicted octanol–water partition coefficient (Wildman–Crippen LogP) is 3.16. The fourth-order valence-electron chi connectivity index (χ4n) is 2.14. The van der Waals surface area contributed by atoms with E-state index in [-0.39, 0.29) is 0 Å². The van der Waals surface area contributed by atoms with E-state index in [1.807, 2.05) is 10.9 Å². The Kier molecular flexibility index (Phi) is 3.18. The van der Waals surface area contributed by atoms with E-state index in [0.29, 0.717) is 0 Å². The third kappa shape index (κ3) is 2.33. The minimum absolute atomic E-state index is 0.761. The van der Waals surface area contributed by atoms with Crippen LogP contribution in [0.15, 0.2) is 24.5 Å². The van der Waals surface area contributed by atoms with E-state index in [1.165, 1.54) is 11.1 Å². The molecule has 0 bridgehead atoms. The summed E-state index contributed by atoms with van der Waals surface area (Å²) in [6, 6.07) is 6.41. The molecule has 0 radical (unpaired) electrons. The van der Waals surface area contributed by atoms with Crippen LogP contribution < -0.4 is 5.73 Å². The molecule has 1 heterocycles. The number of nitrogens with zero attached hydrogens (tertiary/aromatic N) is 2. The van der Waals surface area contributed by atoms with Crippen LogP contribution in [0.4, 0.5) is 5.82 Å². The summed E-state index contributed by atoms with van der Waals surface area (Å²) in [5, 5.41) is 0. The fraction of sp³-hybridized carbons (Fsp3) is 0.357. The molecule has 0 saturated carbocycles. The summed E-state index contributed by atoms with van der Waals surface area (Å²) < 4.78 is 2.01. The summed E-state index contributed by atoms with van der Waals surface area (Å²) in [6.45, 7) is 7.24. The standard InChI is InChI=1S/C14H19N3/c1-4-5-17-9-16-13(14(17)15)12-7-10(2)6-11(3)8-12/h6-9H,4-5,15H2,1-3H3. The van der Waals surface area contributed by atoms with Gasteiger partial charge in [-0.2, -0.15) is 0 Å². The van der Waals surface area contributed by atoms with Gasteiger partial charge in [0.2, 0.25) is 0 Å². The molecule has 1 aromatic carbocycles. The highest BCUT2D eigenvalue weighted by Gasteiger charge is 2.09. The summed E-state index contributed by atoms with van der Waals surface area (Å²) in [4.78, 5) is 4.42. The van der Waals surface area contributed by atoms with Crippen LogP contribution in [0, 0.1) is 13.8 Å². The fourth-order valence-corrected chi connectivity index (χ4v) is 2.14. The molecule has 0 unspecified atom stereocenters. The van der Waals surface area contributed by atoms with Crippen molar-refractivity contribution in [2.75, 3.05) is 5.73 Å². The second-order valence-corrected chi connectivity index (χ2v) is 4.55. The Hall–Kier alpha value is -1.77. The molecule has 3 heteroatoms. The third-order valence-corrected chi connectivity index (χ3v) is 2.84. The summed E-state index contributed by atoms with van der Waals surface area (Å²) in [7, 11) is 0. The molecule has 0 fully saturated rings. The van der Waals surface area contributed by atoms with Crippen molar-refractivity contribution in [1.82, 2.24) is 9.55 Å². The number of rotatable bonds is 3. The van der Waals surface area contributed by atoms with Gasteiger partial charge >= 0.3 is 0 Å². The molecule has 1 aromatic heterocycles. The lowest BCUT2D eigenvalue weighted by Gasteiger charge is -2.05. The van der Waals surface area contributed by atoms with E-state index in [0.717, 1.165) is 30.0 Å². The topological polar surface area (TPSA) is 43.8 Å². The second kappa shape index (κ2) is 4.62. The Labute approximate surface area is 102 Å². The van der Waals surface area contributed by atoms with Crippen molar-refractivity contribution in [2.45, 2.75) is 33.7 Å². The van der Waals surface area contributed by atoms with E-state index in [2.05, 4.69) is 44.0 Å². The molecule has 0 amide bonds. The van der Waals surface area contributed by atoms with Crippen LogP contribution in [0.1, 0.15) is 24.5 Å². The molecule has 0 spiro atoms. The molecule has 90 valence electrons. The van der Waals surface area contributed by atoms with Gasteiger partial charge in [0, 0.05) is 12.1 Å². The van der Waals surface area contributed by atoms with Crippen LogP contribution in [0.3, 0.4) is 0 Å². The number of benzene rings is 1. The summed E-state index contributed by atoms with van der Waals surface area (Å²) in [5.41, 5.74) is 10.6. The second-order valence-electron chi connectivity index (χ2n) is 4.55. The molecule has 0 aliphatic rings. The van der Waals surface area contributed by atoms with Crippen LogP contribution >= 0.6 is 0 Å². The van der Waals surface area contributed by atoms with Crippen molar-refractivity contribution < 1.29 is 0 Å². The summed E-state index contributed by atoms with van der Waals surface area (Å²) in [5.74, 6) is 0.761. The lowest BCUT2D eigenvalue weighted by Crippen LogP contribution is -2.01. The number of hydrogen-bond donors (Lipinski definition) is 1. The summed E-state index contributed by atoms with van der Waals surface area (Å²) >= 11 is 0. The normalized spacial score (nSPS) is 10.8. The van der Waals surface area contributed by atoms with Crippen LogP contribution in [-0.4, -0.2) is 9.55 Å². The number of aromatic nitrogens is 2. The molecule has 0 aliphatic heterocycles. The lowest BCUT2D eigenvalue weighted by molar-refractivity contribution is 0.686. The minimum atomic E-state index is 0.761. The average molecular weight is 229 g/mol. The molecule has 17 heavy (non-hydrogen) atoms. The van der Waals surface area contributed by atoms with Gasteiger partial charge < -0.3 is 10.3 Å². The van der Waals surface area contributed by atoms with Gasteiger partial charge in [-0.15, -0.1) is 0 Å². The molecular weight excluding hydrogens is 210 g/mol. The zero-order chi connectivity index (χ0) is 12.4. The van der Waals surface area contributed by atoms with Gasteiger partial charge in [0.05, 0.1) is 6.33 Å². The Bertz CT molecular complexity index is 506. The SMILES string of the molecule is CCCn1cnc(-c2cc(C)cc(C)c2)c1N. The Morgan fingerprint density at radius 2 is 1.82 bits per heavy atom. The van der Waals surface area contributed by atoms with Crippen molar-refractivity contribution in [2.24, 2.45) is 0 Å². The first-order chi connectivity index (χ1) is 8.11. The number of nitrogens with two attached hydrogens (primary N) is 1. The average Bonchev–Trinajstić information content (AvgIpc) is 2.60. The minimum Gasteiger partial charge on any atom is -0.383 e. The highest BCUT2D eigenvalue weighted by atomic mass is 15.1. The summed E-state index contributed by atoms with van der Waals surface area (Å²) in [6.07, 6.45) is 2.89. The largest absolute Gasteiger partial charge is 0.383 e. The van der Waals surface area contributed by atoms with Gasteiger partial charge in [-0.25, -0.2) is 4.98 Å². The molecule has 0 atom stereocenters. The van der Waals surface area contributed by atoms with Crippen molar-refractivity contribution in [1.29, 1.82) is 0 Å². The number of nitrogen functional groups attached to an aromatic ring is 1. The van der Waals surface area contributed by atoms with Gasteiger partial charge in [-0.3, -0.25) is 0 Å². The van der Waals surface area contributed by atoms with Crippen molar-refractivity contribution >= 4 is 5.82 Å². The van der Waals surface area contributed by atoms with E-state index in [4.69, 9.17) is 5.73 Å². The third-order valence-electron chi connectivity index (χ3n) is 2.84. The Morgan fingerprint density at radius 3 is 2.41 bits per heavy atom. The van der Waals surface area contributed by atoms with Gasteiger partial charge in [-0.1, -0.05) is 24.1 Å². The maximum absolute atomic E-state index is 6.12. The zero-order valence-corrected chi connectivity index (χ0v) is 10.7. The Balaban J connectivity index is 2.45.